The third-order valence-corrected chi connectivity index (χ3v) is 11.6. The van der Waals surface area contributed by atoms with E-state index in [1.165, 1.54) is 37.0 Å². The standard InChI is InChI=1S/C35H34Cl2N6O8S2/c1-49-35(40-30(45)29(25-13-12-24(36)15-26(25)37)50-16-22-10-6-3-7-11-22)32(48)43-28(31(46)47)23(17-52-33(35)43)18-53-34-41-38-19-42(34)20-39-51-27(44)14-21-8-4-2-5-9-21/h2-11,15,19,29,33,39H,12-14,16-18,20H2,1H3,(H,40,45)(H,46,47)/t29?,33-,35?/m0/s1. The van der Waals surface area contributed by atoms with Crippen LogP contribution in [0.3, 0.4) is 0 Å². The summed E-state index contributed by atoms with van der Waals surface area (Å²) in [4.78, 5) is 59.0. The number of thioether (sulfide) groups is 2. The van der Waals surface area contributed by atoms with Crippen LogP contribution in [0.4, 0.5) is 0 Å². The average molecular weight is 802 g/mol. The van der Waals surface area contributed by atoms with Crippen molar-refractivity contribution in [2.75, 3.05) is 18.6 Å². The van der Waals surface area contributed by atoms with Gasteiger partial charge >= 0.3 is 11.9 Å². The lowest BCUT2D eigenvalue weighted by Gasteiger charge is -2.56. The van der Waals surface area contributed by atoms with Crippen LogP contribution in [0.1, 0.15) is 24.0 Å². The lowest BCUT2D eigenvalue weighted by Crippen LogP contribution is -2.81. The largest absolute Gasteiger partial charge is 0.477 e. The van der Waals surface area contributed by atoms with Crippen molar-refractivity contribution in [3.63, 3.8) is 0 Å². The van der Waals surface area contributed by atoms with Crippen LogP contribution >= 0.6 is 46.7 Å². The Bertz CT molecular complexity index is 1960. The summed E-state index contributed by atoms with van der Waals surface area (Å²) in [6.45, 7) is 0.123. The molecule has 1 aromatic heterocycles. The molecule has 2 unspecified atom stereocenters. The Hall–Kier alpha value is -4.16. The lowest BCUT2D eigenvalue weighted by atomic mass is 9.95. The third-order valence-electron chi connectivity index (χ3n) is 8.55. The van der Waals surface area contributed by atoms with E-state index in [9.17, 15) is 24.3 Å². The summed E-state index contributed by atoms with van der Waals surface area (Å²) in [5.41, 5.74) is 3.11. The normalized spacial score (nSPS) is 20.4. The number of hydrogen-bond acceptors (Lipinski definition) is 12. The number of allylic oxidation sites excluding steroid dienone is 3. The van der Waals surface area contributed by atoms with E-state index >= 15 is 0 Å². The number of carbonyl (C=O) groups is 4. The number of carbonyl (C=O) groups excluding carboxylic acids is 3. The number of aromatic nitrogens is 3. The molecule has 3 aliphatic rings. The number of carboxylic acids is 1. The molecule has 3 heterocycles. The van der Waals surface area contributed by atoms with Gasteiger partial charge in [0.2, 0.25) is 0 Å². The molecule has 18 heteroatoms. The van der Waals surface area contributed by atoms with Crippen molar-refractivity contribution < 1.29 is 38.6 Å². The lowest BCUT2D eigenvalue weighted by molar-refractivity contribution is -0.194. The minimum atomic E-state index is -1.87. The van der Waals surface area contributed by atoms with Gasteiger partial charge in [-0.2, -0.15) is 0 Å². The first kappa shape index (κ1) is 38.6. The number of carboxylic acid groups (broad SMARTS) is 1. The Kier molecular flexibility index (Phi) is 12.6. The summed E-state index contributed by atoms with van der Waals surface area (Å²) in [7, 11) is 1.28. The molecule has 6 rings (SSSR count). The van der Waals surface area contributed by atoms with Crippen molar-refractivity contribution in [1.29, 1.82) is 0 Å². The topological polar surface area (TPSA) is 174 Å². The Morgan fingerprint density at radius 2 is 1.81 bits per heavy atom. The molecule has 2 aromatic carbocycles. The molecule has 14 nitrogen and oxygen atoms in total. The Morgan fingerprint density at radius 3 is 2.49 bits per heavy atom. The number of methoxy groups -OCH3 is 1. The van der Waals surface area contributed by atoms with Crippen LogP contribution in [0.2, 0.25) is 0 Å². The number of nitrogens with zero attached hydrogens (tertiary/aromatic N) is 4. The zero-order valence-electron chi connectivity index (χ0n) is 28.2. The van der Waals surface area contributed by atoms with Gasteiger partial charge < -0.3 is 24.7 Å². The van der Waals surface area contributed by atoms with Gasteiger partial charge in [0.1, 0.15) is 24.1 Å². The van der Waals surface area contributed by atoms with Crippen LogP contribution in [0.25, 0.3) is 0 Å². The van der Waals surface area contributed by atoms with E-state index < -0.39 is 41.0 Å². The molecule has 0 bridgehead atoms. The van der Waals surface area contributed by atoms with E-state index in [4.69, 9.17) is 37.5 Å². The first-order valence-electron chi connectivity index (χ1n) is 16.3. The number of hydroxylamine groups is 1. The number of benzene rings is 2. The van der Waals surface area contributed by atoms with Gasteiger partial charge in [-0.25, -0.2) is 4.79 Å². The molecule has 2 aliphatic heterocycles. The fraction of sp³-hybridized carbons (Fsp3) is 0.314. The van der Waals surface area contributed by atoms with Crippen LogP contribution in [-0.2, 0) is 53.2 Å². The molecule has 1 saturated heterocycles. The Labute approximate surface area is 322 Å². The van der Waals surface area contributed by atoms with Gasteiger partial charge in [0.05, 0.1) is 13.0 Å². The molecule has 2 amide bonds. The van der Waals surface area contributed by atoms with Crippen LogP contribution in [0.15, 0.2) is 105 Å². The van der Waals surface area contributed by atoms with Crippen molar-refractivity contribution in [1.82, 2.24) is 30.5 Å². The van der Waals surface area contributed by atoms with Crippen LogP contribution in [-0.4, -0.2) is 84.3 Å². The average Bonchev–Trinajstić information content (AvgIpc) is 3.61. The molecule has 1 aliphatic carbocycles. The van der Waals surface area contributed by atoms with Gasteiger partial charge in [-0.15, -0.1) is 27.4 Å². The van der Waals surface area contributed by atoms with Gasteiger partial charge in [0.25, 0.3) is 17.5 Å². The number of β-lactam (4-membered cyclic amide) rings is 1. The minimum Gasteiger partial charge on any atom is -0.477 e. The Balaban J connectivity index is 1.13. The summed E-state index contributed by atoms with van der Waals surface area (Å²) in [5, 5.41) is 21.4. The quantitative estimate of drug-likeness (QED) is 0.0810. The highest BCUT2D eigenvalue weighted by Crippen LogP contribution is 2.47. The maximum Gasteiger partial charge on any atom is 0.352 e. The molecule has 1 fully saturated rings. The van der Waals surface area contributed by atoms with Crippen molar-refractivity contribution >= 4 is 70.5 Å². The highest BCUT2D eigenvalue weighted by Gasteiger charge is 2.67. The summed E-state index contributed by atoms with van der Waals surface area (Å²) in [5.74, 6) is -2.83. The number of nitrogens with one attached hydrogen (secondary N) is 2. The molecule has 0 saturated carbocycles. The second-order valence-electron chi connectivity index (χ2n) is 12.0. The van der Waals surface area contributed by atoms with Gasteiger partial charge in [-0.3, -0.25) is 23.9 Å². The van der Waals surface area contributed by atoms with Gasteiger partial charge in [-0.1, -0.05) is 95.6 Å². The van der Waals surface area contributed by atoms with Gasteiger partial charge in [0, 0.05) is 28.7 Å². The molecule has 0 radical (unpaired) electrons. The minimum absolute atomic E-state index is 0.0414. The van der Waals surface area contributed by atoms with Crippen LogP contribution in [0.5, 0.6) is 0 Å². The predicted octanol–water partition coefficient (Wildman–Crippen LogP) is 4.33. The van der Waals surface area contributed by atoms with E-state index in [1.54, 1.807) is 10.6 Å². The van der Waals surface area contributed by atoms with E-state index in [-0.39, 0.29) is 41.9 Å². The van der Waals surface area contributed by atoms with Gasteiger partial charge in [-0.05, 0) is 41.2 Å². The van der Waals surface area contributed by atoms with E-state index in [0.29, 0.717) is 34.2 Å². The van der Waals surface area contributed by atoms with E-state index in [2.05, 4.69) is 21.0 Å². The Morgan fingerprint density at radius 1 is 1.09 bits per heavy atom. The number of ether oxygens (including phenoxy) is 2. The van der Waals surface area contributed by atoms with Crippen molar-refractivity contribution in [3.05, 3.63) is 111 Å². The SMILES string of the molecule is COC1(NC(=O)C(OCc2ccccc2)C2=C(Cl)C=C(Cl)CC2)C(=O)N2C(C(=O)O)=C(CSc3nncn3CNOC(=O)Cc3ccccc3)CS[C@H]21. The fourth-order valence-electron chi connectivity index (χ4n) is 5.92. The van der Waals surface area contributed by atoms with Crippen LogP contribution in [0, 0.1) is 0 Å². The third kappa shape index (κ3) is 8.64. The maximum atomic E-state index is 14.0. The number of rotatable bonds is 16. The van der Waals surface area contributed by atoms with Crippen molar-refractivity contribution in [3.8, 4) is 0 Å². The number of fused-ring (bicyclic) bond motifs is 1. The summed E-state index contributed by atoms with van der Waals surface area (Å²) < 4.78 is 13.4. The maximum absolute atomic E-state index is 14.0. The van der Waals surface area contributed by atoms with Gasteiger partial charge in [0.15, 0.2) is 11.3 Å². The zero-order valence-corrected chi connectivity index (χ0v) is 31.3. The molecule has 3 atom stereocenters. The predicted molar refractivity (Wildman–Crippen MR) is 197 cm³/mol. The monoisotopic (exact) mass is 800 g/mol. The fourth-order valence-corrected chi connectivity index (χ4v) is 9.00. The molecule has 53 heavy (non-hydrogen) atoms. The summed E-state index contributed by atoms with van der Waals surface area (Å²) in [6, 6.07) is 18.4. The van der Waals surface area contributed by atoms with E-state index in [0.717, 1.165) is 16.0 Å². The van der Waals surface area contributed by atoms with E-state index in [1.807, 2.05) is 60.7 Å². The molecule has 3 aromatic rings. The second-order valence-corrected chi connectivity index (χ2v) is 14.9. The first-order valence-corrected chi connectivity index (χ1v) is 19.0. The second kappa shape index (κ2) is 17.3. The summed E-state index contributed by atoms with van der Waals surface area (Å²) >= 11 is 15.2. The summed E-state index contributed by atoms with van der Waals surface area (Å²) in [6.07, 6.45) is 2.72. The molecule has 3 N–H and O–H groups in total. The highest BCUT2D eigenvalue weighted by atomic mass is 35.5. The molecular weight excluding hydrogens is 767 g/mol. The van der Waals surface area contributed by atoms with Crippen molar-refractivity contribution in [2.24, 2.45) is 0 Å². The smallest absolute Gasteiger partial charge is 0.352 e. The number of halogens is 2. The first-order chi connectivity index (χ1) is 25.6. The molecule has 278 valence electrons. The highest BCUT2D eigenvalue weighted by molar-refractivity contribution is 8.01. The molecule has 0 spiro atoms. The number of aliphatic carboxylic acids is 1. The number of hydrogen-bond donors (Lipinski definition) is 3. The van der Waals surface area contributed by atoms with Crippen LogP contribution < -0.4 is 10.8 Å². The van der Waals surface area contributed by atoms with Crippen molar-refractivity contribution in [2.45, 2.75) is 54.9 Å². The number of amides is 2. The zero-order chi connectivity index (χ0) is 37.5. The molecular formula is C35H34Cl2N6O8S2.